The van der Waals surface area contributed by atoms with E-state index in [0.29, 0.717) is 11.1 Å². The Balaban J connectivity index is 1.97. The predicted molar refractivity (Wildman–Crippen MR) is 108 cm³/mol. The summed E-state index contributed by atoms with van der Waals surface area (Å²) in [6, 6.07) is 11.6. The highest BCUT2D eigenvalue weighted by Gasteiger charge is 2.28. The van der Waals surface area contributed by atoms with Gasteiger partial charge in [0.05, 0.1) is 11.1 Å². The Morgan fingerprint density at radius 1 is 1.21 bits per heavy atom. The Hall–Kier alpha value is -2.67. The smallest absolute Gasteiger partial charge is 0.335 e. The van der Waals surface area contributed by atoms with Crippen molar-refractivity contribution in [3.8, 4) is 17.2 Å². The topological polar surface area (TPSA) is 61.1 Å². The molecule has 4 heteroatoms. The van der Waals surface area contributed by atoms with Crippen LogP contribution < -0.4 is 0 Å². The van der Waals surface area contributed by atoms with Crippen molar-refractivity contribution in [3.05, 3.63) is 58.9 Å². The van der Waals surface area contributed by atoms with Gasteiger partial charge in [-0.25, -0.2) is 9.18 Å². The zero-order valence-corrected chi connectivity index (χ0v) is 16.2. The Morgan fingerprint density at radius 3 is 2.57 bits per heavy atom. The minimum Gasteiger partial charge on any atom is -0.478 e. The maximum absolute atomic E-state index is 14.2. The van der Waals surface area contributed by atoms with E-state index in [2.05, 4.69) is 6.92 Å². The van der Waals surface area contributed by atoms with Gasteiger partial charge in [-0.1, -0.05) is 44.4 Å². The minimum atomic E-state index is -0.945. The predicted octanol–water partition coefficient (Wildman–Crippen LogP) is 6.53. The summed E-state index contributed by atoms with van der Waals surface area (Å²) in [4.78, 5) is 11.9. The van der Waals surface area contributed by atoms with Crippen LogP contribution in [0.5, 0.6) is 0 Å². The molecule has 0 radical (unpaired) electrons. The van der Waals surface area contributed by atoms with Gasteiger partial charge < -0.3 is 5.11 Å². The number of unbranched alkanes of at least 4 members (excludes halogenated alkanes) is 1. The molecule has 1 aliphatic rings. The SMILES string of the molecule is CCCC[C@H]1CC[C@H](c2c(C(=O)O)cccc2-c2ccc(C#N)c(F)c2)CC1. The zero-order chi connectivity index (χ0) is 20.1. The van der Waals surface area contributed by atoms with Crippen molar-refractivity contribution in [2.24, 2.45) is 5.92 Å². The number of carboxylic acid groups (broad SMARTS) is 1. The molecule has 0 bridgehead atoms. The van der Waals surface area contributed by atoms with E-state index in [4.69, 9.17) is 5.26 Å². The molecule has 0 aromatic heterocycles. The molecule has 1 saturated carbocycles. The van der Waals surface area contributed by atoms with Crippen LogP contribution in [0, 0.1) is 23.1 Å². The van der Waals surface area contributed by atoms with Gasteiger partial charge in [0.15, 0.2) is 0 Å². The monoisotopic (exact) mass is 379 g/mol. The lowest BCUT2D eigenvalue weighted by atomic mass is 9.74. The summed E-state index contributed by atoms with van der Waals surface area (Å²) in [5, 5.41) is 18.7. The maximum atomic E-state index is 14.2. The van der Waals surface area contributed by atoms with Crippen LogP contribution >= 0.6 is 0 Å². The first-order chi connectivity index (χ1) is 13.5. The molecule has 146 valence electrons. The van der Waals surface area contributed by atoms with E-state index in [0.717, 1.165) is 42.7 Å². The molecule has 0 unspecified atom stereocenters. The van der Waals surface area contributed by atoms with E-state index >= 15 is 0 Å². The van der Waals surface area contributed by atoms with Crippen molar-refractivity contribution < 1.29 is 14.3 Å². The number of hydrogen-bond donors (Lipinski definition) is 1. The van der Waals surface area contributed by atoms with E-state index in [1.165, 1.54) is 31.4 Å². The molecule has 0 atom stereocenters. The van der Waals surface area contributed by atoms with Crippen LogP contribution in [0.3, 0.4) is 0 Å². The number of carboxylic acids is 1. The highest BCUT2D eigenvalue weighted by atomic mass is 19.1. The van der Waals surface area contributed by atoms with Gasteiger partial charge in [-0.15, -0.1) is 0 Å². The number of halogens is 1. The Bertz CT molecular complexity index is 892. The van der Waals surface area contributed by atoms with Gasteiger partial charge in [0.25, 0.3) is 0 Å². The lowest BCUT2D eigenvalue weighted by Crippen LogP contribution is -2.17. The molecule has 2 aromatic rings. The number of nitriles is 1. The van der Waals surface area contributed by atoms with Gasteiger partial charge in [-0.2, -0.15) is 5.26 Å². The van der Waals surface area contributed by atoms with Crippen LogP contribution in [0.1, 0.15) is 79.3 Å². The third kappa shape index (κ3) is 4.25. The molecule has 1 N–H and O–H groups in total. The van der Waals surface area contributed by atoms with Crippen molar-refractivity contribution in [1.82, 2.24) is 0 Å². The quantitative estimate of drug-likeness (QED) is 0.621. The van der Waals surface area contributed by atoms with Gasteiger partial charge in [0.2, 0.25) is 0 Å². The summed E-state index contributed by atoms with van der Waals surface area (Å²) in [5.41, 5.74) is 2.51. The summed E-state index contributed by atoms with van der Waals surface area (Å²) >= 11 is 0. The summed E-state index contributed by atoms with van der Waals surface area (Å²) in [6.45, 7) is 2.21. The molecular formula is C24H26FNO2. The van der Waals surface area contributed by atoms with Crippen LogP contribution in [0.15, 0.2) is 36.4 Å². The Kier molecular flexibility index (Phi) is 6.46. The molecule has 0 spiro atoms. The Labute approximate surface area is 165 Å². The van der Waals surface area contributed by atoms with Gasteiger partial charge in [0.1, 0.15) is 11.9 Å². The number of benzene rings is 2. The fraction of sp³-hybridized carbons (Fsp3) is 0.417. The first kappa shape index (κ1) is 20.1. The van der Waals surface area contributed by atoms with E-state index in [1.807, 2.05) is 12.1 Å². The second kappa shape index (κ2) is 9.01. The van der Waals surface area contributed by atoms with Gasteiger partial charge in [-0.05, 0) is 72.4 Å². The molecule has 1 fully saturated rings. The normalized spacial score (nSPS) is 19.2. The van der Waals surface area contributed by atoms with Crippen molar-refractivity contribution in [1.29, 1.82) is 5.26 Å². The summed E-state index contributed by atoms with van der Waals surface area (Å²) in [7, 11) is 0. The van der Waals surface area contributed by atoms with Gasteiger partial charge >= 0.3 is 5.97 Å². The van der Waals surface area contributed by atoms with Crippen molar-refractivity contribution in [3.63, 3.8) is 0 Å². The molecule has 0 saturated heterocycles. The molecular weight excluding hydrogens is 353 g/mol. The molecule has 2 aromatic carbocycles. The first-order valence-electron chi connectivity index (χ1n) is 10.1. The maximum Gasteiger partial charge on any atom is 0.335 e. The summed E-state index contributed by atoms with van der Waals surface area (Å²) in [5.74, 6) is -0.628. The molecule has 0 aliphatic heterocycles. The summed E-state index contributed by atoms with van der Waals surface area (Å²) < 4.78 is 14.2. The zero-order valence-electron chi connectivity index (χ0n) is 16.2. The van der Waals surface area contributed by atoms with Crippen molar-refractivity contribution in [2.75, 3.05) is 0 Å². The van der Waals surface area contributed by atoms with Crippen LogP contribution in [0.4, 0.5) is 4.39 Å². The molecule has 0 amide bonds. The second-order valence-electron chi connectivity index (χ2n) is 7.74. The van der Waals surface area contributed by atoms with Crippen LogP contribution in [-0.2, 0) is 0 Å². The lowest BCUT2D eigenvalue weighted by molar-refractivity contribution is 0.0694. The average Bonchev–Trinajstić information content (AvgIpc) is 2.72. The minimum absolute atomic E-state index is 0.00359. The third-order valence-electron chi connectivity index (χ3n) is 5.96. The van der Waals surface area contributed by atoms with Crippen molar-refractivity contribution in [2.45, 2.75) is 57.8 Å². The molecule has 3 rings (SSSR count). The fourth-order valence-electron chi connectivity index (χ4n) is 4.45. The van der Waals surface area contributed by atoms with E-state index in [1.54, 1.807) is 18.2 Å². The third-order valence-corrected chi connectivity index (χ3v) is 5.96. The molecule has 1 aliphatic carbocycles. The number of nitrogens with zero attached hydrogens (tertiary/aromatic N) is 1. The fourth-order valence-corrected chi connectivity index (χ4v) is 4.45. The first-order valence-corrected chi connectivity index (χ1v) is 10.1. The highest BCUT2D eigenvalue weighted by molar-refractivity contribution is 5.92. The number of hydrogen-bond acceptors (Lipinski definition) is 2. The molecule has 0 heterocycles. The van der Waals surface area contributed by atoms with E-state index < -0.39 is 11.8 Å². The standard InChI is InChI=1S/C24H26FNO2/c1-2-3-5-16-8-10-17(11-9-16)23-20(6-4-7-21(23)24(27)28)18-12-13-19(15-26)22(25)14-18/h4,6-7,12-14,16-17H,2-3,5,8-11H2,1H3,(H,27,28)/t16-,17-. The van der Waals surface area contributed by atoms with Crippen molar-refractivity contribution >= 4 is 5.97 Å². The van der Waals surface area contributed by atoms with Gasteiger partial charge in [-0.3, -0.25) is 0 Å². The number of carbonyl (C=O) groups is 1. The second-order valence-corrected chi connectivity index (χ2v) is 7.74. The largest absolute Gasteiger partial charge is 0.478 e. The van der Waals surface area contributed by atoms with E-state index in [-0.39, 0.29) is 11.5 Å². The highest BCUT2D eigenvalue weighted by Crippen LogP contribution is 2.43. The molecule has 3 nitrogen and oxygen atoms in total. The van der Waals surface area contributed by atoms with Gasteiger partial charge in [0, 0.05) is 0 Å². The van der Waals surface area contributed by atoms with E-state index in [9.17, 15) is 14.3 Å². The van der Waals surface area contributed by atoms with Crippen LogP contribution in [0.2, 0.25) is 0 Å². The number of aromatic carboxylic acids is 1. The van der Waals surface area contributed by atoms with Crippen LogP contribution in [-0.4, -0.2) is 11.1 Å². The molecule has 28 heavy (non-hydrogen) atoms. The van der Waals surface area contributed by atoms with Crippen LogP contribution in [0.25, 0.3) is 11.1 Å². The summed E-state index contributed by atoms with van der Waals surface area (Å²) in [6.07, 6.45) is 7.85. The lowest BCUT2D eigenvalue weighted by Gasteiger charge is -2.31. The average molecular weight is 379 g/mol. The number of rotatable bonds is 6. The Morgan fingerprint density at radius 2 is 1.96 bits per heavy atom.